The number of nitrogens with zero attached hydrogens (tertiary/aromatic N) is 2. The third-order valence-corrected chi connectivity index (χ3v) is 4.84. The average Bonchev–Trinajstić information content (AvgIpc) is 2.76. The first-order valence-corrected chi connectivity index (χ1v) is 10.7. The van der Waals surface area contributed by atoms with Crippen LogP contribution in [0.5, 0.6) is 23.0 Å². The first-order chi connectivity index (χ1) is 15.7. The summed E-state index contributed by atoms with van der Waals surface area (Å²) >= 11 is 12.5. The molecular weight excluding hydrogens is 473 g/mol. The van der Waals surface area contributed by atoms with E-state index in [0.29, 0.717) is 30.5 Å². The minimum absolute atomic E-state index is 0.193. The molecule has 11 heteroatoms. The molecule has 1 unspecified atom stereocenters. The number of hydrogen-bond acceptors (Lipinski definition) is 8. The molecule has 1 amide bonds. The van der Waals surface area contributed by atoms with Crippen molar-refractivity contribution >= 4 is 46.3 Å². The van der Waals surface area contributed by atoms with Gasteiger partial charge in [0.2, 0.25) is 6.04 Å². The summed E-state index contributed by atoms with van der Waals surface area (Å²) in [4.78, 5) is 25.0. The Morgan fingerprint density at radius 2 is 1.61 bits per heavy atom. The molecule has 178 valence electrons. The molecule has 0 radical (unpaired) electrons. The number of Topliss-reactive ketones (excluding diaryl/α,β-unsaturated/α-hetero) is 1. The number of rotatable bonds is 11. The zero-order chi connectivity index (χ0) is 24.5. The molecule has 0 saturated heterocycles. The number of ketones is 1. The predicted octanol–water partition coefficient (Wildman–Crippen LogP) is 5.49. The molecule has 2 rings (SSSR count). The van der Waals surface area contributed by atoms with Crippen molar-refractivity contribution in [2.75, 3.05) is 32.8 Å². The summed E-state index contributed by atoms with van der Waals surface area (Å²) in [6.45, 7) is 5.65. The SMILES string of the molecule is CCOc1cc(Cl)c(NC(=O)C(N=Nc2cc(OC)cc(Cl)c2OC)C(C)=O)cc1OCC. The summed E-state index contributed by atoms with van der Waals surface area (Å²) in [5.74, 6) is 0.204. The summed E-state index contributed by atoms with van der Waals surface area (Å²) in [5, 5.41) is 11.0. The summed E-state index contributed by atoms with van der Waals surface area (Å²) in [5.41, 5.74) is 0.427. The number of anilines is 1. The maximum atomic E-state index is 12.9. The zero-order valence-corrected chi connectivity index (χ0v) is 20.4. The number of methoxy groups -OCH3 is 2. The van der Waals surface area contributed by atoms with Gasteiger partial charge in [-0.15, -0.1) is 0 Å². The lowest BCUT2D eigenvalue weighted by Crippen LogP contribution is -2.32. The maximum Gasteiger partial charge on any atom is 0.258 e. The normalized spacial score (nSPS) is 11.7. The molecule has 0 bridgehead atoms. The van der Waals surface area contributed by atoms with Gasteiger partial charge in [0.05, 0.1) is 43.2 Å². The standard InChI is InChI=1S/C22H25Cl2N3O6/c1-6-32-18-10-14(23)16(11-19(18)33-7-2)25-22(29)20(12(3)28)27-26-17-9-13(30-4)8-15(24)21(17)31-5/h8-11,20H,6-7H2,1-5H3,(H,25,29). The van der Waals surface area contributed by atoms with Gasteiger partial charge in [0.25, 0.3) is 5.91 Å². The van der Waals surface area contributed by atoms with E-state index in [-0.39, 0.29) is 27.2 Å². The Hall–Kier alpha value is -3.04. The van der Waals surface area contributed by atoms with Crippen LogP contribution in [0.25, 0.3) is 0 Å². The van der Waals surface area contributed by atoms with Crippen LogP contribution in [0.2, 0.25) is 10.0 Å². The molecule has 0 saturated carbocycles. The van der Waals surface area contributed by atoms with E-state index in [1.54, 1.807) is 6.07 Å². The second-order valence-corrected chi connectivity index (χ2v) is 7.34. The predicted molar refractivity (Wildman–Crippen MR) is 126 cm³/mol. The highest BCUT2D eigenvalue weighted by Gasteiger charge is 2.25. The largest absolute Gasteiger partial charge is 0.497 e. The number of halogens is 2. The third-order valence-electron chi connectivity index (χ3n) is 4.24. The third kappa shape index (κ3) is 6.72. The van der Waals surface area contributed by atoms with Gasteiger partial charge >= 0.3 is 0 Å². The Morgan fingerprint density at radius 1 is 0.970 bits per heavy atom. The highest BCUT2D eigenvalue weighted by Crippen LogP contribution is 2.39. The molecular formula is C22H25Cl2N3O6. The second-order valence-electron chi connectivity index (χ2n) is 6.52. The monoisotopic (exact) mass is 497 g/mol. The van der Waals surface area contributed by atoms with Gasteiger partial charge in [0, 0.05) is 24.3 Å². The van der Waals surface area contributed by atoms with Crippen molar-refractivity contribution in [1.82, 2.24) is 0 Å². The number of hydrogen-bond donors (Lipinski definition) is 1. The molecule has 1 atom stereocenters. The van der Waals surface area contributed by atoms with Crippen molar-refractivity contribution in [2.24, 2.45) is 10.2 Å². The maximum absolute atomic E-state index is 12.9. The van der Waals surface area contributed by atoms with Gasteiger partial charge in [0.1, 0.15) is 11.4 Å². The van der Waals surface area contributed by atoms with E-state index in [2.05, 4.69) is 15.5 Å². The van der Waals surface area contributed by atoms with Crippen LogP contribution in [0.4, 0.5) is 11.4 Å². The first kappa shape index (κ1) is 26.2. The summed E-state index contributed by atoms with van der Waals surface area (Å²) in [6, 6.07) is 4.66. The molecule has 0 aliphatic rings. The summed E-state index contributed by atoms with van der Waals surface area (Å²) in [6.07, 6.45) is 0. The lowest BCUT2D eigenvalue weighted by Gasteiger charge is -2.15. The van der Waals surface area contributed by atoms with Crippen LogP contribution in [0.3, 0.4) is 0 Å². The highest BCUT2D eigenvalue weighted by molar-refractivity contribution is 6.34. The molecule has 33 heavy (non-hydrogen) atoms. The van der Waals surface area contributed by atoms with Crippen LogP contribution in [-0.4, -0.2) is 45.2 Å². The number of carbonyl (C=O) groups is 2. The Kier molecular flexibility index (Phi) is 9.74. The minimum Gasteiger partial charge on any atom is -0.497 e. The summed E-state index contributed by atoms with van der Waals surface area (Å²) in [7, 11) is 2.87. The Labute approximate surface area is 202 Å². The van der Waals surface area contributed by atoms with Crippen LogP contribution < -0.4 is 24.3 Å². The zero-order valence-electron chi connectivity index (χ0n) is 18.9. The van der Waals surface area contributed by atoms with Crippen LogP contribution in [-0.2, 0) is 9.59 Å². The van der Waals surface area contributed by atoms with Gasteiger partial charge in [-0.1, -0.05) is 23.2 Å². The molecule has 9 nitrogen and oxygen atoms in total. The van der Waals surface area contributed by atoms with Crippen LogP contribution >= 0.6 is 23.2 Å². The molecule has 0 fully saturated rings. The first-order valence-electron chi connectivity index (χ1n) is 9.98. The van der Waals surface area contributed by atoms with E-state index in [1.807, 2.05) is 13.8 Å². The smallest absolute Gasteiger partial charge is 0.258 e. The quantitative estimate of drug-likeness (QED) is 0.324. The highest BCUT2D eigenvalue weighted by atomic mass is 35.5. The van der Waals surface area contributed by atoms with Crippen molar-refractivity contribution in [3.63, 3.8) is 0 Å². The van der Waals surface area contributed by atoms with Gasteiger partial charge in [-0.2, -0.15) is 10.2 Å². The van der Waals surface area contributed by atoms with Crippen LogP contribution in [0, 0.1) is 0 Å². The fourth-order valence-corrected chi connectivity index (χ4v) is 3.24. The Balaban J connectivity index is 2.35. The molecule has 2 aromatic carbocycles. The van der Waals surface area contributed by atoms with Gasteiger partial charge in [0.15, 0.2) is 23.0 Å². The van der Waals surface area contributed by atoms with Crippen molar-refractivity contribution in [3.8, 4) is 23.0 Å². The van der Waals surface area contributed by atoms with E-state index >= 15 is 0 Å². The average molecular weight is 498 g/mol. The molecule has 0 aliphatic carbocycles. The summed E-state index contributed by atoms with van der Waals surface area (Å²) < 4.78 is 21.5. The van der Waals surface area contributed by atoms with Crippen LogP contribution in [0.1, 0.15) is 20.8 Å². The molecule has 2 aromatic rings. The minimum atomic E-state index is -1.45. The van der Waals surface area contributed by atoms with E-state index in [9.17, 15) is 9.59 Å². The van der Waals surface area contributed by atoms with E-state index in [0.717, 1.165) is 0 Å². The Morgan fingerprint density at radius 3 is 2.15 bits per heavy atom. The lowest BCUT2D eigenvalue weighted by molar-refractivity contribution is -0.126. The van der Waals surface area contributed by atoms with Gasteiger partial charge < -0.3 is 24.3 Å². The topological polar surface area (TPSA) is 108 Å². The van der Waals surface area contributed by atoms with Crippen molar-refractivity contribution in [2.45, 2.75) is 26.8 Å². The Bertz CT molecular complexity index is 1050. The number of azo groups is 1. The van der Waals surface area contributed by atoms with Crippen LogP contribution in [0.15, 0.2) is 34.5 Å². The number of ether oxygens (including phenoxy) is 4. The lowest BCUT2D eigenvalue weighted by atomic mass is 10.2. The molecule has 0 spiro atoms. The fourth-order valence-electron chi connectivity index (χ4n) is 2.76. The molecule has 0 aromatic heterocycles. The number of carbonyl (C=O) groups excluding carboxylic acids is 2. The van der Waals surface area contributed by atoms with E-state index < -0.39 is 17.7 Å². The van der Waals surface area contributed by atoms with Crippen molar-refractivity contribution in [3.05, 3.63) is 34.3 Å². The molecule has 0 aliphatic heterocycles. The second kappa shape index (κ2) is 12.3. The van der Waals surface area contributed by atoms with Gasteiger partial charge in [-0.05, 0) is 20.8 Å². The number of amides is 1. The van der Waals surface area contributed by atoms with Crippen molar-refractivity contribution < 1.29 is 28.5 Å². The number of nitrogens with one attached hydrogen (secondary N) is 1. The van der Waals surface area contributed by atoms with E-state index in [1.165, 1.54) is 39.3 Å². The molecule has 1 N–H and O–H groups in total. The van der Waals surface area contributed by atoms with Gasteiger partial charge in [-0.25, -0.2) is 0 Å². The fraction of sp³-hybridized carbons (Fsp3) is 0.364. The van der Waals surface area contributed by atoms with Gasteiger partial charge in [-0.3, -0.25) is 9.59 Å². The molecule has 0 heterocycles. The van der Waals surface area contributed by atoms with E-state index in [4.69, 9.17) is 42.1 Å². The van der Waals surface area contributed by atoms with Crippen molar-refractivity contribution in [1.29, 1.82) is 0 Å². The number of benzene rings is 2.